The summed E-state index contributed by atoms with van der Waals surface area (Å²) in [5, 5.41) is 15.5. The number of rotatable bonds is 8. The molecule has 10 heteroatoms. The molecule has 0 fully saturated rings. The molecule has 0 spiro atoms. The van der Waals surface area contributed by atoms with Crippen LogP contribution in [0.25, 0.3) is 0 Å². The molecule has 0 unspecified atom stereocenters. The van der Waals surface area contributed by atoms with Gasteiger partial charge in [0.1, 0.15) is 11.9 Å². The van der Waals surface area contributed by atoms with E-state index in [1.807, 2.05) is 50.4 Å². The van der Waals surface area contributed by atoms with Crippen LogP contribution >= 0.6 is 0 Å². The van der Waals surface area contributed by atoms with Gasteiger partial charge in [0.15, 0.2) is 11.5 Å². The number of ether oxygens (including phenoxy) is 3. The molecule has 5 rings (SSSR count). The number of urea groups is 1. The van der Waals surface area contributed by atoms with E-state index in [0.29, 0.717) is 42.3 Å². The third-order valence-corrected chi connectivity index (χ3v) is 7.34. The number of likely N-dealkylation sites (N-methyl/N-ethyl adjacent to an activating group) is 1. The van der Waals surface area contributed by atoms with E-state index in [9.17, 15) is 14.7 Å². The second kappa shape index (κ2) is 12.5. The maximum atomic E-state index is 13.7. The minimum atomic E-state index is -0.424. The number of benzene rings is 3. The van der Waals surface area contributed by atoms with E-state index in [1.165, 1.54) is 0 Å². The Hall–Kier alpha value is -4.28. The molecule has 0 saturated heterocycles. The summed E-state index contributed by atoms with van der Waals surface area (Å²) >= 11 is 0. The van der Waals surface area contributed by atoms with Gasteiger partial charge < -0.3 is 34.9 Å². The van der Waals surface area contributed by atoms with Crippen LogP contribution in [0.2, 0.25) is 0 Å². The average Bonchev–Trinajstić information content (AvgIpc) is 3.43. The highest BCUT2D eigenvalue weighted by Gasteiger charge is 2.33. The number of carbonyl (C=O) groups is 2. The third kappa shape index (κ3) is 6.72. The molecule has 2 aliphatic heterocycles. The molecule has 2 aliphatic rings. The van der Waals surface area contributed by atoms with Gasteiger partial charge in [0, 0.05) is 36.9 Å². The molecule has 0 radical (unpaired) electrons. The molecule has 0 bridgehead atoms. The lowest BCUT2D eigenvalue weighted by Gasteiger charge is -2.38. The number of amides is 3. The zero-order valence-electron chi connectivity index (χ0n) is 23.5. The fourth-order valence-electron chi connectivity index (χ4n) is 5.06. The molecule has 3 N–H and O–H groups in total. The predicted octanol–water partition coefficient (Wildman–Crippen LogP) is 4.41. The van der Waals surface area contributed by atoms with Gasteiger partial charge in [-0.3, -0.25) is 9.69 Å². The van der Waals surface area contributed by atoms with E-state index < -0.39 is 6.03 Å². The van der Waals surface area contributed by atoms with Gasteiger partial charge in [0.05, 0.1) is 18.2 Å². The van der Waals surface area contributed by atoms with Crippen molar-refractivity contribution in [1.82, 2.24) is 9.80 Å². The van der Waals surface area contributed by atoms with Crippen LogP contribution in [-0.2, 0) is 6.54 Å². The van der Waals surface area contributed by atoms with Crippen LogP contribution in [-0.4, -0.2) is 72.5 Å². The van der Waals surface area contributed by atoms with Crippen LogP contribution < -0.4 is 24.8 Å². The number of aliphatic hydroxyl groups is 1. The van der Waals surface area contributed by atoms with E-state index in [2.05, 4.69) is 22.5 Å². The van der Waals surface area contributed by atoms with Gasteiger partial charge in [-0.2, -0.15) is 0 Å². The van der Waals surface area contributed by atoms with Gasteiger partial charge in [0.2, 0.25) is 6.79 Å². The van der Waals surface area contributed by atoms with Crippen molar-refractivity contribution in [2.24, 2.45) is 5.92 Å². The Labute approximate surface area is 239 Å². The van der Waals surface area contributed by atoms with Gasteiger partial charge in [-0.15, -0.1) is 0 Å². The lowest BCUT2D eigenvalue weighted by atomic mass is 9.99. The molecule has 3 aromatic rings. The summed E-state index contributed by atoms with van der Waals surface area (Å²) in [7, 11) is 2.03. The van der Waals surface area contributed by atoms with E-state index in [1.54, 1.807) is 35.2 Å². The van der Waals surface area contributed by atoms with Crippen molar-refractivity contribution in [2.75, 3.05) is 44.2 Å². The summed E-state index contributed by atoms with van der Waals surface area (Å²) < 4.78 is 17.4. The number of carbonyl (C=O) groups excluding carboxylic acids is 2. The molecule has 2 heterocycles. The monoisotopic (exact) mass is 560 g/mol. The second-order valence-corrected chi connectivity index (χ2v) is 10.7. The Morgan fingerprint density at radius 2 is 1.76 bits per heavy atom. The molecular formula is C31H36N4O6. The molecule has 0 aliphatic carbocycles. The van der Waals surface area contributed by atoms with Gasteiger partial charge in [-0.25, -0.2) is 4.79 Å². The molecule has 3 aromatic carbocycles. The van der Waals surface area contributed by atoms with Crippen molar-refractivity contribution in [1.29, 1.82) is 0 Å². The lowest BCUT2D eigenvalue weighted by Crippen LogP contribution is -2.49. The number of hydrogen-bond donors (Lipinski definition) is 3. The van der Waals surface area contributed by atoms with Gasteiger partial charge >= 0.3 is 6.03 Å². The molecule has 3 amide bonds. The lowest BCUT2D eigenvalue weighted by molar-refractivity contribution is 0.0341. The minimum absolute atomic E-state index is 0.0187. The zero-order chi connectivity index (χ0) is 28.9. The van der Waals surface area contributed by atoms with E-state index in [4.69, 9.17) is 14.2 Å². The maximum Gasteiger partial charge on any atom is 0.323 e. The molecule has 0 aromatic heterocycles. The highest BCUT2D eigenvalue weighted by Crippen LogP contribution is 2.33. The summed E-state index contributed by atoms with van der Waals surface area (Å²) in [6.45, 7) is 5.63. The second-order valence-electron chi connectivity index (χ2n) is 10.7. The maximum absolute atomic E-state index is 13.7. The topological polar surface area (TPSA) is 113 Å². The summed E-state index contributed by atoms with van der Waals surface area (Å²) in [5.74, 6) is 1.66. The highest BCUT2D eigenvalue weighted by atomic mass is 16.7. The summed E-state index contributed by atoms with van der Waals surface area (Å²) in [4.78, 5) is 30.2. The Bertz CT molecular complexity index is 1380. The van der Waals surface area contributed by atoms with Gasteiger partial charge in [-0.1, -0.05) is 31.2 Å². The first-order valence-electron chi connectivity index (χ1n) is 13.7. The SMILES string of the molecule is C[C@@H]1CN([C@H](C)CO)C(=O)c2cc(NC(=O)Nc3ccccc3)ccc2O[C@H]1CN(C)Cc1ccc2c(c1)OCO2. The van der Waals surface area contributed by atoms with Crippen molar-refractivity contribution in [3.8, 4) is 17.2 Å². The third-order valence-electron chi connectivity index (χ3n) is 7.34. The first kappa shape index (κ1) is 28.3. The van der Waals surface area contributed by atoms with Crippen LogP contribution in [0.1, 0.15) is 29.8 Å². The van der Waals surface area contributed by atoms with E-state index in [0.717, 1.165) is 17.1 Å². The summed E-state index contributed by atoms with van der Waals surface area (Å²) in [6, 6.07) is 19.3. The Kier molecular flexibility index (Phi) is 8.61. The first-order chi connectivity index (χ1) is 19.8. The number of aliphatic hydroxyl groups excluding tert-OH is 1. The Morgan fingerprint density at radius 1 is 1.02 bits per heavy atom. The summed E-state index contributed by atoms with van der Waals surface area (Å²) in [6.07, 6.45) is -0.241. The fourth-order valence-corrected chi connectivity index (χ4v) is 5.06. The van der Waals surface area contributed by atoms with Gasteiger partial charge in [0.25, 0.3) is 5.91 Å². The fraction of sp³-hybridized carbons (Fsp3) is 0.355. The molecule has 0 saturated carbocycles. The predicted molar refractivity (Wildman–Crippen MR) is 156 cm³/mol. The number of para-hydroxylation sites is 1. The highest BCUT2D eigenvalue weighted by molar-refractivity contribution is 6.02. The van der Waals surface area contributed by atoms with Crippen LogP contribution in [0.5, 0.6) is 17.2 Å². The molecular weight excluding hydrogens is 524 g/mol. The van der Waals surface area contributed by atoms with Crippen LogP contribution in [0.3, 0.4) is 0 Å². The number of nitrogens with one attached hydrogen (secondary N) is 2. The van der Waals surface area contributed by atoms with Crippen molar-refractivity contribution < 1.29 is 28.9 Å². The van der Waals surface area contributed by atoms with Crippen molar-refractivity contribution in [2.45, 2.75) is 32.5 Å². The molecule has 216 valence electrons. The first-order valence-corrected chi connectivity index (χ1v) is 13.7. The quantitative estimate of drug-likeness (QED) is 0.374. The van der Waals surface area contributed by atoms with Crippen molar-refractivity contribution >= 4 is 23.3 Å². The van der Waals surface area contributed by atoms with E-state index in [-0.39, 0.29) is 37.4 Å². The summed E-state index contributed by atoms with van der Waals surface area (Å²) in [5.41, 5.74) is 2.53. The number of anilines is 2. The van der Waals surface area contributed by atoms with Crippen molar-refractivity contribution in [3.05, 3.63) is 77.9 Å². The number of nitrogens with zero attached hydrogens (tertiary/aromatic N) is 2. The molecule has 10 nitrogen and oxygen atoms in total. The smallest absolute Gasteiger partial charge is 0.323 e. The van der Waals surface area contributed by atoms with Crippen molar-refractivity contribution in [3.63, 3.8) is 0 Å². The Morgan fingerprint density at radius 3 is 2.54 bits per heavy atom. The largest absolute Gasteiger partial charge is 0.488 e. The minimum Gasteiger partial charge on any atom is -0.488 e. The normalized spacial score (nSPS) is 18.7. The number of hydrogen-bond acceptors (Lipinski definition) is 7. The molecule has 3 atom stereocenters. The van der Waals surface area contributed by atoms with Crippen LogP contribution in [0.4, 0.5) is 16.2 Å². The average molecular weight is 561 g/mol. The van der Waals surface area contributed by atoms with Gasteiger partial charge in [-0.05, 0) is 62.0 Å². The van der Waals surface area contributed by atoms with Crippen LogP contribution in [0.15, 0.2) is 66.7 Å². The standard InChI is InChI=1S/C31H36N4O6/c1-20-15-35(21(2)18-36)30(37)25-14-24(33-31(38)32-23-7-5-4-6-8-23)10-12-26(25)41-29(20)17-34(3)16-22-9-11-27-28(13-22)40-19-39-27/h4-14,20-21,29,36H,15-19H2,1-3H3,(H2,32,33,38)/t20-,21-,29+/m1/s1. The van der Waals surface area contributed by atoms with E-state index >= 15 is 0 Å². The zero-order valence-corrected chi connectivity index (χ0v) is 23.5. The Balaban J connectivity index is 1.35. The van der Waals surface area contributed by atoms with Crippen LogP contribution in [0, 0.1) is 5.92 Å². The molecule has 41 heavy (non-hydrogen) atoms. The number of fused-ring (bicyclic) bond motifs is 2.